The average molecular weight is 270 g/mol. The maximum atomic E-state index is 12.1. The van der Waals surface area contributed by atoms with Crippen LogP contribution in [0.15, 0.2) is 36.4 Å². The van der Waals surface area contributed by atoms with Crippen LogP contribution in [0.4, 0.5) is 5.69 Å². The van der Waals surface area contributed by atoms with Gasteiger partial charge in [-0.15, -0.1) is 0 Å². The summed E-state index contributed by atoms with van der Waals surface area (Å²) in [5.41, 5.74) is 7.51. The molecule has 0 bridgehead atoms. The molecule has 2 rings (SSSR count). The van der Waals surface area contributed by atoms with E-state index in [9.17, 15) is 15.0 Å². The van der Waals surface area contributed by atoms with Crippen molar-refractivity contribution in [2.24, 2.45) is 0 Å². The molecule has 0 fully saturated rings. The highest BCUT2D eigenvalue weighted by atomic mass is 16.3. The summed E-state index contributed by atoms with van der Waals surface area (Å²) in [5, 5.41) is 26.1. The number of hydrogen-bond donors (Lipinski definition) is 4. The second-order valence-corrected chi connectivity index (χ2v) is 4.41. The molecule has 102 valence electrons. The van der Waals surface area contributed by atoms with Gasteiger partial charge in [0.05, 0.1) is 5.56 Å². The molecule has 0 saturated carbocycles. The Bertz CT molecular complexity index is 681. The first kappa shape index (κ1) is 13.6. The zero-order valence-corrected chi connectivity index (χ0v) is 10.6. The van der Waals surface area contributed by atoms with E-state index in [1.165, 1.54) is 18.2 Å². The molecule has 0 atom stereocenters. The van der Waals surface area contributed by atoms with E-state index in [2.05, 4.69) is 0 Å². The number of Topliss-reactive ketones (excluding diaryl/α,β-unsaturated/α-hetero) is 1. The molecule has 0 heterocycles. The van der Waals surface area contributed by atoms with Crippen molar-refractivity contribution in [1.29, 1.82) is 5.41 Å². The third-order valence-corrected chi connectivity index (χ3v) is 2.95. The van der Waals surface area contributed by atoms with Crippen LogP contribution >= 0.6 is 0 Å². The van der Waals surface area contributed by atoms with Crippen molar-refractivity contribution in [3.63, 3.8) is 0 Å². The van der Waals surface area contributed by atoms with Crippen molar-refractivity contribution in [2.45, 2.75) is 6.42 Å². The van der Waals surface area contributed by atoms with Gasteiger partial charge in [-0.25, -0.2) is 0 Å². The van der Waals surface area contributed by atoms with Gasteiger partial charge in [0.15, 0.2) is 5.78 Å². The summed E-state index contributed by atoms with van der Waals surface area (Å²) in [6.45, 7) is 0. The third-order valence-electron chi connectivity index (χ3n) is 2.95. The molecule has 0 unspecified atom stereocenters. The van der Waals surface area contributed by atoms with Gasteiger partial charge in [-0.05, 0) is 29.8 Å². The number of carbonyl (C=O) groups is 1. The molecule has 0 aromatic heterocycles. The lowest BCUT2D eigenvalue weighted by atomic mass is 10.0. The van der Waals surface area contributed by atoms with E-state index in [0.29, 0.717) is 16.8 Å². The van der Waals surface area contributed by atoms with Crippen LogP contribution in [-0.2, 0) is 6.42 Å². The van der Waals surface area contributed by atoms with Crippen molar-refractivity contribution in [3.8, 4) is 11.5 Å². The first-order valence-electron chi connectivity index (χ1n) is 5.95. The van der Waals surface area contributed by atoms with E-state index in [1.807, 2.05) is 0 Å². The molecule has 0 spiro atoms. The quantitative estimate of drug-likeness (QED) is 0.295. The van der Waals surface area contributed by atoms with Crippen LogP contribution in [0.1, 0.15) is 21.5 Å². The monoisotopic (exact) mass is 270 g/mol. The van der Waals surface area contributed by atoms with Gasteiger partial charge in [0.1, 0.15) is 11.5 Å². The van der Waals surface area contributed by atoms with E-state index in [-0.39, 0.29) is 29.3 Å². The lowest BCUT2D eigenvalue weighted by molar-refractivity contribution is 0.0990. The van der Waals surface area contributed by atoms with Gasteiger partial charge in [-0.1, -0.05) is 12.1 Å². The van der Waals surface area contributed by atoms with Gasteiger partial charge in [-0.2, -0.15) is 0 Å². The Kier molecular flexibility index (Phi) is 3.70. The van der Waals surface area contributed by atoms with Gasteiger partial charge >= 0.3 is 0 Å². The fourth-order valence-corrected chi connectivity index (χ4v) is 1.89. The van der Waals surface area contributed by atoms with Gasteiger partial charge < -0.3 is 21.4 Å². The molecule has 0 amide bonds. The van der Waals surface area contributed by atoms with Crippen molar-refractivity contribution >= 4 is 17.7 Å². The molecule has 0 saturated heterocycles. The minimum absolute atomic E-state index is 0.0551. The number of phenols is 2. The molecular formula is C15H14N2O3. The predicted molar refractivity (Wildman–Crippen MR) is 76.5 cm³/mol. The van der Waals surface area contributed by atoms with Gasteiger partial charge in [0, 0.05) is 23.9 Å². The first-order valence-corrected chi connectivity index (χ1v) is 5.95. The smallest absolute Gasteiger partial charge is 0.171 e. The lowest BCUT2D eigenvalue weighted by Gasteiger charge is -2.06. The summed E-state index contributed by atoms with van der Waals surface area (Å²) in [6, 6.07) is 8.80. The number of benzene rings is 2. The average Bonchev–Trinajstić information content (AvgIpc) is 2.41. The number of rotatable bonds is 4. The molecule has 5 N–H and O–H groups in total. The van der Waals surface area contributed by atoms with Crippen LogP contribution in [0, 0.1) is 5.41 Å². The molecular weight excluding hydrogens is 256 g/mol. The Morgan fingerprint density at radius 3 is 2.60 bits per heavy atom. The van der Waals surface area contributed by atoms with Crippen molar-refractivity contribution < 1.29 is 15.0 Å². The maximum absolute atomic E-state index is 12.1. The molecule has 2 aromatic rings. The van der Waals surface area contributed by atoms with Gasteiger partial charge in [0.2, 0.25) is 0 Å². The molecule has 20 heavy (non-hydrogen) atoms. The predicted octanol–water partition coefficient (Wildman–Crippen LogP) is 2.10. The Hall–Kier alpha value is -2.82. The summed E-state index contributed by atoms with van der Waals surface area (Å²) in [6.07, 6.45) is 1.20. The van der Waals surface area contributed by atoms with Crippen molar-refractivity contribution in [2.75, 3.05) is 5.73 Å². The molecule has 2 aromatic carbocycles. The Balaban J connectivity index is 2.25. The molecule has 0 aliphatic carbocycles. The number of nitrogens with one attached hydrogen (secondary N) is 1. The van der Waals surface area contributed by atoms with E-state index in [0.717, 1.165) is 6.21 Å². The highest BCUT2D eigenvalue weighted by Crippen LogP contribution is 2.24. The highest BCUT2D eigenvalue weighted by molar-refractivity contribution is 6.00. The number of ketones is 1. The normalized spacial score (nSPS) is 10.2. The fraction of sp³-hybridized carbons (Fsp3) is 0.0667. The first-order chi connectivity index (χ1) is 9.51. The van der Waals surface area contributed by atoms with E-state index >= 15 is 0 Å². The summed E-state index contributed by atoms with van der Waals surface area (Å²) in [4.78, 5) is 12.1. The zero-order valence-electron chi connectivity index (χ0n) is 10.6. The maximum Gasteiger partial charge on any atom is 0.171 e. The molecule has 5 heteroatoms. The topological polar surface area (TPSA) is 107 Å². The Labute approximate surface area is 115 Å². The summed E-state index contributed by atoms with van der Waals surface area (Å²) in [5.74, 6) is -0.567. The Morgan fingerprint density at radius 1 is 1.20 bits per heavy atom. The second kappa shape index (κ2) is 5.44. The number of anilines is 1. The highest BCUT2D eigenvalue weighted by Gasteiger charge is 2.13. The Morgan fingerprint density at radius 2 is 1.95 bits per heavy atom. The van der Waals surface area contributed by atoms with Crippen molar-refractivity contribution in [3.05, 3.63) is 53.1 Å². The van der Waals surface area contributed by atoms with Crippen LogP contribution < -0.4 is 5.73 Å². The number of nitrogens with two attached hydrogens (primary N) is 1. The van der Waals surface area contributed by atoms with E-state index in [4.69, 9.17) is 11.1 Å². The number of carbonyl (C=O) groups excluding carboxylic acids is 1. The largest absolute Gasteiger partial charge is 0.508 e. The number of hydrogen-bond acceptors (Lipinski definition) is 5. The third kappa shape index (κ3) is 2.77. The molecule has 5 nitrogen and oxygen atoms in total. The van der Waals surface area contributed by atoms with Gasteiger partial charge in [0.25, 0.3) is 0 Å². The minimum Gasteiger partial charge on any atom is -0.508 e. The van der Waals surface area contributed by atoms with Crippen LogP contribution in [0.25, 0.3) is 0 Å². The molecule has 0 radical (unpaired) electrons. The number of aromatic hydroxyl groups is 2. The van der Waals surface area contributed by atoms with Crippen LogP contribution in [-0.4, -0.2) is 22.2 Å². The van der Waals surface area contributed by atoms with E-state index in [1.54, 1.807) is 18.2 Å². The molecule has 0 aliphatic heterocycles. The summed E-state index contributed by atoms with van der Waals surface area (Å²) in [7, 11) is 0. The van der Waals surface area contributed by atoms with Crippen LogP contribution in [0.3, 0.4) is 0 Å². The summed E-state index contributed by atoms with van der Waals surface area (Å²) >= 11 is 0. The van der Waals surface area contributed by atoms with Crippen LogP contribution in [0.2, 0.25) is 0 Å². The lowest BCUT2D eigenvalue weighted by Crippen LogP contribution is -2.05. The SMILES string of the molecule is N=Cc1ccc(CC(=O)c2cc(O)ccc2O)cc1N. The van der Waals surface area contributed by atoms with Crippen LogP contribution in [0.5, 0.6) is 11.5 Å². The van der Waals surface area contributed by atoms with Gasteiger partial charge in [-0.3, -0.25) is 4.79 Å². The standard InChI is InChI=1S/C15H14N2O3/c16-8-10-2-1-9(5-13(10)17)6-15(20)12-7-11(18)3-4-14(12)19/h1-5,7-8,16,18-19H,6,17H2. The number of phenolic OH excluding ortho intramolecular Hbond substituents is 2. The fourth-order valence-electron chi connectivity index (χ4n) is 1.89. The summed E-state index contributed by atoms with van der Waals surface area (Å²) < 4.78 is 0. The van der Waals surface area contributed by atoms with E-state index < -0.39 is 0 Å². The van der Waals surface area contributed by atoms with Crippen molar-refractivity contribution in [1.82, 2.24) is 0 Å². The minimum atomic E-state index is -0.319. The molecule has 0 aliphatic rings. The number of nitrogen functional groups attached to an aromatic ring is 1. The zero-order chi connectivity index (χ0) is 14.7. The second-order valence-electron chi connectivity index (χ2n) is 4.41.